The first-order valence-electron chi connectivity index (χ1n) is 7.53. The summed E-state index contributed by atoms with van der Waals surface area (Å²) in [5.74, 6) is 0.813. The fraction of sp³-hybridized carbons (Fsp3) is 0.176. The second kappa shape index (κ2) is 5.64. The quantitative estimate of drug-likeness (QED) is 0.912. The molecule has 6 heteroatoms. The average Bonchev–Trinajstić information content (AvgIpc) is 3.06. The van der Waals surface area contributed by atoms with Crippen molar-refractivity contribution in [3.63, 3.8) is 0 Å². The van der Waals surface area contributed by atoms with E-state index in [0.29, 0.717) is 12.8 Å². The van der Waals surface area contributed by atoms with Gasteiger partial charge in [-0.1, -0.05) is 18.2 Å². The Morgan fingerprint density at radius 2 is 1.96 bits per heavy atom. The lowest BCUT2D eigenvalue weighted by Crippen LogP contribution is -2.25. The number of nitrogens with zero attached hydrogens (tertiary/aromatic N) is 3. The molecule has 1 aliphatic carbocycles. The molecule has 0 saturated heterocycles. The molecule has 0 saturated carbocycles. The van der Waals surface area contributed by atoms with Crippen molar-refractivity contribution in [1.82, 2.24) is 15.4 Å². The highest BCUT2D eigenvalue weighted by Crippen LogP contribution is 2.26. The summed E-state index contributed by atoms with van der Waals surface area (Å²) in [7, 11) is 0. The Labute approximate surface area is 133 Å². The summed E-state index contributed by atoms with van der Waals surface area (Å²) < 4.78 is 0. The fourth-order valence-electron chi connectivity index (χ4n) is 2.73. The van der Waals surface area contributed by atoms with Gasteiger partial charge in [-0.05, 0) is 30.2 Å². The van der Waals surface area contributed by atoms with E-state index in [4.69, 9.17) is 0 Å². The number of nitrogens with one attached hydrogen (secondary N) is 2. The van der Waals surface area contributed by atoms with Gasteiger partial charge in [0.1, 0.15) is 12.1 Å². The lowest BCUT2D eigenvalue weighted by atomic mass is 10.0. The van der Waals surface area contributed by atoms with E-state index in [1.165, 1.54) is 0 Å². The summed E-state index contributed by atoms with van der Waals surface area (Å²) in [4.78, 5) is 19.7. The van der Waals surface area contributed by atoms with E-state index in [-0.39, 0.29) is 5.91 Å². The van der Waals surface area contributed by atoms with Crippen LogP contribution in [0.1, 0.15) is 29.7 Å². The highest BCUT2D eigenvalue weighted by Gasteiger charge is 2.14. The van der Waals surface area contributed by atoms with Gasteiger partial charge in [0.15, 0.2) is 0 Å². The Kier molecular flexibility index (Phi) is 3.34. The second-order valence-electron chi connectivity index (χ2n) is 5.49. The fourth-order valence-corrected chi connectivity index (χ4v) is 2.73. The first kappa shape index (κ1) is 13.6. The number of aromatic nitrogens is 2. The molecule has 1 amide bonds. The number of rotatable bonds is 3. The van der Waals surface area contributed by atoms with Crippen molar-refractivity contribution < 1.29 is 4.79 Å². The van der Waals surface area contributed by atoms with Gasteiger partial charge >= 0.3 is 0 Å². The minimum Gasteiger partial charge on any atom is -0.340 e. The molecule has 0 fully saturated rings. The number of carbonyl (C=O) groups is 1. The number of benzene rings is 1. The predicted octanol–water partition coefficient (Wildman–Crippen LogP) is 2.40. The van der Waals surface area contributed by atoms with Gasteiger partial charge < -0.3 is 5.32 Å². The van der Waals surface area contributed by atoms with Gasteiger partial charge in [-0.2, -0.15) is 5.10 Å². The van der Waals surface area contributed by atoms with Crippen LogP contribution in [0, 0.1) is 0 Å². The molecular weight excluding hydrogens is 290 g/mol. The molecule has 1 aromatic heterocycles. The number of anilines is 2. The monoisotopic (exact) mass is 305 g/mol. The van der Waals surface area contributed by atoms with Gasteiger partial charge in [0.05, 0.1) is 11.4 Å². The molecule has 0 unspecified atom stereocenters. The van der Waals surface area contributed by atoms with E-state index in [1.54, 1.807) is 6.33 Å². The van der Waals surface area contributed by atoms with Gasteiger partial charge in [0.2, 0.25) is 5.91 Å². The first-order chi connectivity index (χ1) is 11.3. The molecule has 114 valence electrons. The average molecular weight is 305 g/mol. The molecule has 2 N–H and O–H groups in total. The van der Waals surface area contributed by atoms with Crippen molar-refractivity contribution in [1.29, 1.82) is 0 Å². The summed E-state index contributed by atoms with van der Waals surface area (Å²) in [6.45, 7) is 0. The van der Waals surface area contributed by atoms with E-state index in [1.807, 2.05) is 30.3 Å². The summed E-state index contributed by atoms with van der Waals surface area (Å²) >= 11 is 0. The van der Waals surface area contributed by atoms with Crippen LogP contribution in [0.3, 0.4) is 0 Å². The second-order valence-corrected chi connectivity index (χ2v) is 5.49. The van der Waals surface area contributed by atoms with Gasteiger partial charge in [0.25, 0.3) is 0 Å². The van der Waals surface area contributed by atoms with Gasteiger partial charge in [0, 0.05) is 24.1 Å². The lowest BCUT2D eigenvalue weighted by Gasteiger charge is -2.13. The van der Waals surface area contributed by atoms with Crippen molar-refractivity contribution in [2.24, 2.45) is 5.10 Å². The van der Waals surface area contributed by atoms with Crippen LogP contribution in [-0.4, -0.2) is 21.6 Å². The van der Waals surface area contributed by atoms with Crippen LogP contribution in [0.4, 0.5) is 11.5 Å². The number of allylic oxidation sites excluding steroid dienone is 1. The zero-order valence-electron chi connectivity index (χ0n) is 12.4. The Morgan fingerprint density at radius 1 is 1.09 bits per heavy atom. The maximum atomic E-state index is 11.1. The third kappa shape index (κ3) is 2.70. The summed E-state index contributed by atoms with van der Waals surface area (Å²) in [6, 6.07) is 7.98. The topological polar surface area (TPSA) is 79.3 Å². The molecule has 0 atom stereocenters. The highest BCUT2D eigenvalue weighted by molar-refractivity contribution is 6.04. The maximum Gasteiger partial charge on any atom is 0.240 e. The minimum absolute atomic E-state index is 0.0294. The number of hydrazone groups is 1. The molecule has 6 nitrogen and oxygen atoms in total. The van der Waals surface area contributed by atoms with E-state index >= 15 is 0 Å². The third-order valence-electron chi connectivity index (χ3n) is 3.96. The largest absolute Gasteiger partial charge is 0.340 e. The van der Waals surface area contributed by atoms with E-state index in [9.17, 15) is 4.79 Å². The zero-order valence-corrected chi connectivity index (χ0v) is 12.4. The highest BCUT2D eigenvalue weighted by atomic mass is 16.2. The Balaban J connectivity index is 1.53. The van der Waals surface area contributed by atoms with Crippen LogP contribution in [0.5, 0.6) is 0 Å². The van der Waals surface area contributed by atoms with Crippen LogP contribution >= 0.6 is 0 Å². The van der Waals surface area contributed by atoms with Crippen LogP contribution < -0.4 is 10.7 Å². The number of amides is 1. The van der Waals surface area contributed by atoms with E-state index < -0.39 is 0 Å². The summed E-state index contributed by atoms with van der Waals surface area (Å²) in [5.41, 5.74) is 7.51. The zero-order chi connectivity index (χ0) is 15.6. The molecule has 2 heterocycles. The first-order valence-corrected chi connectivity index (χ1v) is 7.53. The SMILES string of the molecule is O=C1CCC(c2ccc(Nc3ncnc4c3CC=C4)cc2)=NN1. The molecular formula is C17H15N5O. The van der Waals surface area contributed by atoms with Crippen molar-refractivity contribution in [3.05, 3.63) is 53.5 Å². The van der Waals surface area contributed by atoms with Crippen LogP contribution in [0.15, 0.2) is 41.8 Å². The van der Waals surface area contributed by atoms with Crippen LogP contribution in [-0.2, 0) is 11.2 Å². The van der Waals surface area contributed by atoms with Crippen LogP contribution in [0.25, 0.3) is 6.08 Å². The third-order valence-corrected chi connectivity index (χ3v) is 3.96. The molecule has 4 rings (SSSR count). The van der Waals surface area contributed by atoms with E-state index in [2.05, 4.69) is 31.9 Å². The Hall–Kier alpha value is -3.02. The molecule has 1 aliphatic heterocycles. The normalized spacial score (nSPS) is 15.8. The number of hydrogen-bond acceptors (Lipinski definition) is 5. The Bertz CT molecular complexity index is 823. The predicted molar refractivity (Wildman–Crippen MR) is 88.4 cm³/mol. The smallest absolute Gasteiger partial charge is 0.240 e. The van der Waals surface area contributed by atoms with Crippen molar-refractivity contribution >= 4 is 29.2 Å². The molecule has 2 aromatic rings. The number of hydrogen-bond donors (Lipinski definition) is 2. The molecule has 0 radical (unpaired) electrons. The lowest BCUT2D eigenvalue weighted by molar-refractivity contribution is -0.121. The maximum absolute atomic E-state index is 11.1. The molecule has 0 spiro atoms. The summed E-state index contributed by atoms with van der Waals surface area (Å²) in [6.07, 6.45) is 7.68. The Morgan fingerprint density at radius 3 is 2.74 bits per heavy atom. The molecule has 0 bridgehead atoms. The molecule has 2 aliphatic rings. The number of carbonyl (C=O) groups excluding carboxylic acids is 1. The van der Waals surface area contributed by atoms with Crippen LogP contribution in [0.2, 0.25) is 0 Å². The summed E-state index contributed by atoms with van der Waals surface area (Å²) in [5, 5.41) is 7.45. The minimum atomic E-state index is -0.0294. The van der Waals surface area contributed by atoms with Crippen molar-refractivity contribution in [2.45, 2.75) is 19.3 Å². The number of fused-ring (bicyclic) bond motifs is 1. The molecule has 1 aromatic carbocycles. The molecule has 23 heavy (non-hydrogen) atoms. The van der Waals surface area contributed by atoms with Gasteiger partial charge in [-0.3, -0.25) is 4.79 Å². The van der Waals surface area contributed by atoms with Gasteiger partial charge in [-0.25, -0.2) is 15.4 Å². The van der Waals surface area contributed by atoms with Gasteiger partial charge in [-0.15, -0.1) is 0 Å². The standard InChI is InChI=1S/C17H15N5O/c23-16-9-8-14(21-22-16)11-4-6-12(7-5-11)20-17-13-2-1-3-15(13)18-10-19-17/h1,3-7,10H,2,8-9H2,(H,22,23)(H,18,19,20). The van der Waals surface area contributed by atoms with E-state index in [0.717, 1.165) is 40.5 Å². The van der Waals surface area contributed by atoms with Crippen molar-refractivity contribution in [3.8, 4) is 0 Å². The van der Waals surface area contributed by atoms with Crippen molar-refractivity contribution in [2.75, 3.05) is 5.32 Å².